The molecule has 0 saturated heterocycles. The van der Waals surface area contributed by atoms with Crippen LogP contribution in [0.4, 0.5) is 0 Å². The average molecular weight is 257 g/mol. The van der Waals surface area contributed by atoms with Crippen molar-refractivity contribution in [2.45, 2.75) is 32.1 Å². The summed E-state index contributed by atoms with van der Waals surface area (Å²) in [6.07, 6.45) is 5.14. The van der Waals surface area contributed by atoms with Gasteiger partial charge in [0.2, 0.25) is 5.91 Å². The number of H-pyrrole nitrogens is 1. The highest BCUT2D eigenvalue weighted by Crippen LogP contribution is 2.26. The minimum Gasteiger partial charge on any atom is -0.356 e. The molecule has 1 amide bonds. The van der Waals surface area contributed by atoms with Gasteiger partial charge in [0.1, 0.15) is 5.82 Å². The predicted molar refractivity (Wildman–Crippen MR) is 74.8 cm³/mol. The van der Waals surface area contributed by atoms with E-state index in [-0.39, 0.29) is 11.8 Å². The molecule has 0 aliphatic heterocycles. The molecule has 0 radical (unpaired) electrons. The van der Waals surface area contributed by atoms with Crippen LogP contribution in [-0.4, -0.2) is 22.4 Å². The summed E-state index contributed by atoms with van der Waals surface area (Å²) < 4.78 is 0. The first-order valence-electron chi connectivity index (χ1n) is 7.04. The molecule has 1 saturated carbocycles. The number of amides is 1. The smallest absolute Gasteiger partial charge is 0.223 e. The highest BCUT2D eigenvalue weighted by atomic mass is 16.1. The van der Waals surface area contributed by atoms with E-state index in [1.54, 1.807) is 0 Å². The van der Waals surface area contributed by atoms with Gasteiger partial charge >= 0.3 is 0 Å². The molecular formula is C15H19N3O. The maximum atomic E-state index is 11.6. The summed E-state index contributed by atoms with van der Waals surface area (Å²) in [5.41, 5.74) is 2.09. The van der Waals surface area contributed by atoms with Gasteiger partial charge in [-0.3, -0.25) is 4.79 Å². The van der Waals surface area contributed by atoms with Gasteiger partial charge in [-0.15, -0.1) is 0 Å². The molecule has 1 aromatic carbocycles. The second-order valence-corrected chi connectivity index (χ2v) is 5.22. The lowest BCUT2D eigenvalue weighted by Gasteiger charge is -2.23. The Labute approximate surface area is 112 Å². The van der Waals surface area contributed by atoms with Crippen LogP contribution in [0.1, 0.15) is 31.5 Å². The lowest BCUT2D eigenvalue weighted by Crippen LogP contribution is -2.35. The molecule has 1 aliphatic carbocycles. The molecule has 2 N–H and O–H groups in total. The third-order valence-electron chi connectivity index (χ3n) is 3.80. The van der Waals surface area contributed by atoms with Gasteiger partial charge in [0.05, 0.1) is 11.0 Å². The molecule has 0 bridgehead atoms. The number of imidazole rings is 1. The van der Waals surface area contributed by atoms with Crippen LogP contribution in [0.15, 0.2) is 24.3 Å². The topological polar surface area (TPSA) is 57.8 Å². The summed E-state index contributed by atoms with van der Waals surface area (Å²) in [7, 11) is 0. The SMILES string of the molecule is O=C(NCCCc1nc2ccccc2[nH]1)C1CCC1. The summed E-state index contributed by atoms with van der Waals surface area (Å²) in [6.45, 7) is 0.742. The largest absolute Gasteiger partial charge is 0.356 e. The number of fused-ring (bicyclic) bond motifs is 1. The van der Waals surface area contributed by atoms with Crippen molar-refractivity contribution in [2.24, 2.45) is 5.92 Å². The minimum atomic E-state index is 0.232. The molecular weight excluding hydrogens is 238 g/mol. The Morgan fingerprint density at radius 2 is 2.21 bits per heavy atom. The van der Waals surface area contributed by atoms with Crippen LogP contribution < -0.4 is 5.32 Å². The molecule has 1 heterocycles. The fraction of sp³-hybridized carbons (Fsp3) is 0.467. The average Bonchev–Trinajstić information content (AvgIpc) is 2.75. The number of aromatic amines is 1. The number of aromatic nitrogens is 2. The number of rotatable bonds is 5. The standard InChI is InChI=1S/C15H19N3O/c19-15(11-5-3-6-11)16-10-4-9-14-17-12-7-1-2-8-13(12)18-14/h1-2,7-8,11H,3-6,9-10H2,(H,16,19)(H,17,18). The van der Waals surface area contributed by atoms with E-state index >= 15 is 0 Å². The quantitative estimate of drug-likeness (QED) is 0.808. The number of para-hydroxylation sites is 2. The van der Waals surface area contributed by atoms with Crippen molar-refractivity contribution < 1.29 is 4.79 Å². The van der Waals surface area contributed by atoms with E-state index in [9.17, 15) is 4.79 Å². The van der Waals surface area contributed by atoms with Crippen molar-refractivity contribution in [3.63, 3.8) is 0 Å². The van der Waals surface area contributed by atoms with Crippen LogP contribution in [0.25, 0.3) is 11.0 Å². The van der Waals surface area contributed by atoms with Gasteiger partial charge in [0, 0.05) is 18.9 Å². The van der Waals surface area contributed by atoms with E-state index in [1.165, 1.54) is 6.42 Å². The zero-order valence-corrected chi connectivity index (χ0v) is 11.0. The van der Waals surface area contributed by atoms with Crippen molar-refractivity contribution in [2.75, 3.05) is 6.54 Å². The Balaban J connectivity index is 1.45. The number of aryl methyl sites for hydroxylation is 1. The van der Waals surface area contributed by atoms with E-state index < -0.39 is 0 Å². The molecule has 4 heteroatoms. The molecule has 1 aliphatic rings. The van der Waals surface area contributed by atoms with Gasteiger partial charge in [-0.2, -0.15) is 0 Å². The second-order valence-electron chi connectivity index (χ2n) is 5.22. The van der Waals surface area contributed by atoms with Gasteiger partial charge in [-0.25, -0.2) is 4.98 Å². The fourth-order valence-electron chi connectivity index (χ4n) is 2.41. The molecule has 100 valence electrons. The van der Waals surface area contributed by atoms with Crippen LogP contribution >= 0.6 is 0 Å². The second kappa shape index (κ2) is 5.43. The summed E-state index contributed by atoms with van der Waals surface area (Å²) in [5, 5.41) is 3.01. The fourth-order valence-corrected chi connectivity index (χ4v) is 2.41. The van der Waals surface area contributed by atoms with Crippen LogP contribution in [0.2, 0.25) is 0 Å². The molecule has 19 heavy (non-hydrogen) atoms. The highest BCUT2D eigenvalue weighted by Gasteiger charge is 2.24. The number of hydrogen-bond donors (Lipinski definition) is 2. The molecule has 3 rings (SSSR count). The number of hydrogen-bond acceptors (Lipinski definition) is 2. The van der Waals surface area contributed by atoms with Gasteiger partial charge in [0.25, 0.3) is 0 Å². The third-order valence-corrected chi connectivity index (χ3v) is 3.80. The minimum absolute atomic E-state index is 0.232. The number of nitrogens with zero attached hydrogens (tertiary/aromatic N) is 1. The van der Waals surface area contributed by atoms with Crippen molar-refractivity contribution in [1.82, 2.24) is 15.3 Å². The summed E-state index contributed by atoms with van der Waals surface area (Å²) >= 11 is 0. The van der Waals surface area contributed by atoms with Gasteiger partial charge in [-0.05, 0) is 31.4 Å². The van der Waals surface area contributed by atoms with Crippen LogP contribution in [0, 0.1) is 5.92 Å². The highest BCUT2D eigenvalue weighted by molar-refractivity contribution is 5.79. The molecule has 0 spiro atoms. The van der Waals surface area contributed by atoms with E-state index in [2.05, 4.69) is 15.3 Å². The van der Waals surface area contributed by atoms with Crippen molar-refractivity contribution in [3.05, 3.63) is 30.1 Å². The van der Waals surface area contributed by atoms with Crippen molar-refractivity contribution in [1.29, 1.82) is 0 Å². The first kappa shape index (κ1) is 12.2. The van der Waals surface area contributed by atoms with E-state index in [0.29, 0.717) is 0 Å². The molecule has 0 unspecified atom stereocenters. The number of nitrogens with one attached hydrogen (secondary N) is 2. The number of carbonyl (C=O) groups is 1. The normalized spacial score (nSPS) is 15.4. The van der Waals surface area contributed by atoms with E-state index in [1.807, 2.05) is 24.3 Å². The summed E-state index contributed by atoms with van der Waals surface area (Å²) in [4.78, 5) is 19.5. The zero-order valence-electron chi connectivity index (χ0n) is 11.0. The maximum absolute atomic E-state index is 11.6. The van der Waals surface area contributed by atoms with Crippen LogP contribution in [0.5, 0.6) is 0 Å². The number of carbonyl (C=O) groups excluding carboxylic acids is 1. The van der Waals surface area contributed by atoms with E-state index in [4.69, 9.17) is 0 Å². The molecule has 1 fully saturated rings. The Morgan fingerprint density at radius 1 is 1.37 bits per heavy atom. The van der Waals surface area contributed by atoms with E-state index in [0.717, 1.165) is 49.1 Å². The van der Waals surface area contributed by atoms with Crippen LogP contribution in [0.3, 0.4) is 0 Å². The van der Waals surface area contributed by atoms with Crippen LogP contribution in [-0.2, 0) is 11.2 Å². The maximum Gasteiger partial charge on any atom is 0.223 e. The summed E-state index contributed by atoms with van der Waals surface area (Å²) in [6, 6.07) is 8.03. The van der Waals surface area contributed by atoms with Gasteiger partial charge < -0.3 is 10.3 Å². The predicted octanol–water partition coefficient (Wildman–Crippen LogP) is 2.41. The lowest BCUT2D eigenvalue weighted by molar-refractivity contribution is -0.127. The zero-order chi connectivity index (χ0) is 13.1. The first-order chi connectivity index (χ1) is 9.33. The summed E-state index contributed by atoms with van der Waals surface area (Å²) in [5.74, 6) is 1.51. The Kier molecular flexibility index (Phi) is 3.49. The van der Waals surface area contributed by atoms with Gasteiger partial charge in [0.15, 0.2) is 0 Å². The first-order valence-corrected chi connectivity index (χ1v) is 7.04. The van der Waals surface area contributed by atoms with Gasteiger partial charge in [-0.1, -0.05) is 18.6 Å². The molecule has 0 atom stereocenters. The monoisotopic (exact) mass is 257 g/mol. The molecule has 1 aromatic heterocycles. The van der Waals surface area contributed by atoms with Crippen molar-refractivity contribution >= 4 is 16.9 Å². The lowest BCUT2D eigenvalue weighted by atomic mass is 9.85. The van der Waals surface area contributed by atoms with Crippen molar-refractivity contribution in [3.8, 4) is 0 Å². The Bertz CT molecular complexity index is 539. The number of benzene rings is 1. The molecule has 4 nitrogen and oxygen atoms in total. The Hall–Kier alpha value is -1.84. The third kappa shape index (κ3) is 2.78. The molecule has 2 aromatic rings. The Morgan fingerprint density at radius 3 is 2.95 bits per heavy atom.